The second-order valence-electron chi connectivity index (χ2n) is 12.7. The Morgan fingerprint density at radius 3 is 2.46 bits per heavy atom. The van der Waals surface area contributed by atoms with Crippen molar-refractivity contribution in [2.24, 2.45) is 28.6 Å². The Labute approximate surface area is 240 Å². The minimum Gasteiger partial charge on any atom is -0.349 e. The van der Waals surface area contributed by atoms with E-state index in [1.54, 1.807) is 0 Å². The molecule has 0 aliphatic heterocycles. The van der Waals surface area contributed by atoms with Crippen LogP contribution in [0.4, 0.5) is 8.78 Å². The molecule has 1 heterocycles. The Morgan fingerprint density at radius 2 is 1.80 bits per heavy atom. The highest BCUT2D eigenvalue weighted by Gasteiger charge is 2.57. The lowest BCUT2D eigenvalue weighted by molar-refractivity contribution is -0.0137. The smallest absolute Gasteiger partial charge is 0.261 e. The van der Waals surface area contributed by atoms with E-state index >= 15 is 0 Å². The van der Waals surface area contributed by atoms with E-state index in [0.29, 0.717) is 24.0 Å². The zero-order valence-corrected chi connectivity index (χ0v) is 24.8. The molecule has 6 rings (SSSR count). The van der Waals surface area contributed by atoms with Gasteiger partial charge in [0.2, 0.25) is 0 Å². The monoisotopic (exact) mass is 587 g/mol. The lowest BCUT2D eigenvalue weighted by atomic mass is 9.47. The number of carbonyl (C=O) groups excluding carboxylic acids is 1. The highest BCUT2D eigenvalue weighted by molar-refractivity contribution is 7.85. The Kier molecular flexibility index (Phi) is 7.78. The molecule has 2 aromatic rings. The minimum absolute atomic E-state index is 0.0177. The van der Waals surface area contributed by atoms with Gasteiger partial charge in [-0.2, -0.15) is 8.42 Å². The third kappa shape index (κ3) is 5.78. The Bertz CT molecular complexity index is 1510. The summed E-state index contributed by atoms with van der Waals surface area (Å²) in [6, 6.07) is 3.11. The second-order valence-corrected chi connectivity index (χ2v) is 14.2. The number of nitrogens with one attached hydrogen (secondary N) is 1. The Balaban J connectivity index is 0.000000623. The lowest BCUT2D eigenvalue weighted by Crippen LogP contribution is -2.51. The standard InChI is InChI=1S/C30H35F2N3O.CH4O3S/c1-18-16-35(17-33-18)27-9-8-24-22-6-4-19-14-21(34-28(36)23-7-5-20(31)15-26(23)32)10-12-29(19,2)25(22)11-13-30(24,27)3;1-5(2,3)4/h4-5,7,9,15-17,21-22,24-25H,6,8,10-14H2,1-3H3,(H,34,36);1H3,(H,2,3,4)/t21-,22?,24?,25?,29-,30-;/m0./s1. The number of rotatable bonds is 3. The molecule has 1 amide bonds. The molecule has 1 aromatic carbocycles. The molecule has 2 N–H and O–H groups in total. The third-order valence-corrected chi connectivity index (χ3v) is 10.1. The first kappa shape index (κ1) is 29.6. The van der Waals surface area contributed by atoms with Crippen LogP contribution in [0, 0.1) is 47.1 Å². The average molecular weight is 588 g/mol. The number of halogens is 2. The molecule has 2 fully saturated rings. The number of hydrogen-bond acceptors (Lipinski definition) is 4. The van der Waals surface area contributed by atoms with Crippen LogP contribution >= 0.6 is 0 Å². The fourth-order valence-corrected chi connectivity index (χ4v) is 8.22. The summed E-state index contributed by atoms with van der Waals surface area (Å²) in [4.78, 5) is 17.2. The summed E-state index contributed by atoms with van der Waals surface area (Å²) in [7, 11) is -3.67. The van der Waals surface area contributed by atoms with Gasteiger partial charge in [-0.3, -0.25) is 9.35 Å². The summed E-state index contributed by atoms with van der Waals surface area (Å²) in [6.45, 7) is 6.95. The maximum atomic E-state index is 14.1. The van der Waals surface area contributed by atoms with Crippen LogP contribution in [0.1, 0.15) is 74.8 Å². The number of aromatic nitrogens is 2. The molecule has 4 aliphatic rings. The van der Waals surface area contributed by atoms with Crippen molar-refractivity contribution in [1.29, 1.82) is 0 Å². The summed E-state index contributed by atoms with van der Waals surface area (Å²) in [5.74, 6) is 0.0150. The second kappa shape index (κ2) is 10.8. The van der Waals surface area contributed by atoms with Crippen LogP contribution in [-0.2, 0) is 10.1 Å². The van der Waals surface area contributed by atoms with Crippen molar-refractivity contribution in [2.45, 2.75) is 71.8 Å². The van der Waals surface area contributed by atoms with Crippen molar-refractivity contribution in [3.05, 3.63) is 71.3 Å². The molecule has 41 heavy (non-hydrogen) atoms. The number of fused-ring (bicyclic) bond motifs is 5. The number of allylic oxidation sites excluding steroid dienone is 3. The highest BCUT2D eigenvalue weighted by atomic mass is 32.2. The molecule has 0 spiro atoms. The van der Waals surface area contributed by atoms with Crippen molar-refractivity contribution < 1.29 is 26.5 Å². The van der Waals surface area contributed by atoms with Gasteiger partial charge in [0, 0.05) is 29.4 Å². The van der Waals surface area contributed by atoms with E-state index in [1.165, 1.54) is 30.2 Å². The maximum Gasteiger partial charge on any atom is 0.261 e. The molecular formula is C31H39F2N3O4S. The van der Waals surface area contributed by atoms with Crippen molar-refractivity contribution in [1.82, 2.24) is 14.9 Å². The summed E-state index contributed by atoms with van der Waals surface area (Å²) in [6.07, 6.45) is 17.1. The van der Waals surface area contributed by atoms with E-state index in [2.05, 4.69) is 47.1 Å². The molecule has 7 nitrogen and oxygen atoms in total. The van der Waals surface area contributed by atoms with Gasteiger partial charge in [0.15, 0.2) is 0 Å². The SMILES string of the molecule is CS(=O)(=O)O.Cc1cn(C2=CCC3C4CC=C5C[C@@H](NC(=O)c6ccc(F)cc6F)CC[C@]5(C)C4CC[C@]23C)cn1. The first-order valence-corrected chi connectivity index (χ1v) is 16.1. The molecular weight excluding hydrogens is 548 g/mol. The number of aryl methyl sites for hydroxylation is 1. The fraction of sp³-hybridized carbons (Fsp3) is 0.548. The number of amides is 1. The molecule has 0 radical (unpaired) electrons. The van der Waals surface area contributed by atoms with Crippen molar-refractivity contribution in [3.63, 3.8) is 0 Å². The molecule has 6 atom stereocenters. The molecule has 222 valence electrons. The lowest BCUT2D eigenvalue weighted by Gasteiger charge is -2.58. The van der Waals surface area contributed by atoms with Crippen LogP contribution < -0.4 is 5.32 Å². The summed E-state index contributed by atoms with van der Waals surface area (Å²) >= 11 is 0. The van der Waals surface area contributed by atoms with Crippen LogP contribution in [0.5, 0.6) is 0 Å². The van der Waals surface area contributed by atoms with Crippen molar-refractivity contribution in [2.75, 3.05) is 6.26 Å². The molecule has 4 aliphatic carbocycles. The van der Waals surface area contributed by atoms with E-state index in [4.69, 9.17) is 4.55 Å². The number of hydrogen-bond donors (Lipinski definition) is 2. The quantitative estimate of drug-likeness (QED) is 0.330. The van der Waals surface area contributed by atoms with Crippen LogP contribution in [0.3, 0.4) is 0 Å². The van der Waals surface area contributed by atoms with E-state index in [1.807, 2.05) is 13.3 Å². The minimum atomic E-state index is -3.67. The molecule has 1 aromatic heterocycles. The molecule has 3 unspecified atom stereocenters. The normalized spacial score (nSPS) is 32.4. The summed E-state index contributed by atoms with van der Waals surface area (Å²) in [5, 5.41) is 3.03. The van der Waals surface area contributed by atoms with Crippen molar-refractivity contribution in [3.8, 4) is 0 Å². The van der Waals surface area contributed by atoms with Gasteiger partial charge in [-0.15, -0.1) is 0 Å². The number of carbonyl (C=O) groups is 1. The highest BCUT2D eigenvalue weighted by Crippen LogP contribution is 2.65. The van der Waals surface area contributed by atoms with Gasteiger partial charge in [0.25, 0.3) is 16.0 Å². The first-order chi connectivity index (χ1) is 19.2. The topological polar surface area (TPSA) is 101 Å². The maximum absolute atomic E-state index is 14.1. The van der Waals surface area contributed by atoms with E-state index in [-0.39, 0.29) is 22.4 Å². The molecule has 10 heteroatoms. The molecule has 2 saturated carbocycles. The first-order valence-electron chi connectivity index (χ1n) is 14.3. The number of benzene rings is 1. The zero-order valence-electron chi connectivity index (χ0n) is 24.0. The molecule has 0 saturated heterocycles. The molecule has 0 bridgehead atoms. The number of nitrogens with zero attached hydrogens (tertiary/aromatic N) is 2. The Morgan fingerprint density at radius 1 is 1.10 bits per heavy atom. The largest absolute Gasteiger partial charge is 0.349 e. The van der Waals surface area contributed by atoms with E-state index < -0.39 is 27.7 Å². The van der Waals surface area contributed by atoms with Crippen LogP contribution in [0.25, 0.3) is 5.70 Å². The van der Waals surface area contributed by atoms with Gasteiger partial charge >= 0.3 is 0 Å². The van der Waals surface area contributed by atoms with Gasteiger partial charge < -0.3 is 9.88 Å². The van der Waals surface area contributed by atoms with E-state index in [0.717, 1.165) is 49.9 Å². The van der Waals surface area contributed by atoms with Gasteiger partial charge in [-0.1, -0.05) is 31.6 Å². The van der Waals surface area contributed by atoms with Gasteiger partial charge in [-0.25, -0.2) is 13.8 Å². The summed E-state index contributed by atoms with van der Waals surface area (Å²) < 4.78 is 55.5. The van der Waals surface area contributed by atoms with Crippen LogP contribution in [-0.4, -0.2) is 40.7 Å². The van der Waals surface area contributed by atoms with Gasteiger partial charge in [0.05, 0.1) is 23.8 Å². The predicted octanol–water partition coefficient (Wildman–Crippen LogP) is 6.19. The van der Waals surface area contributed by atoms with Crippen LogP contribution in [0.2, 0.25) is 0 Å². The third-order valence-electron chi connectivity index (χ3n) is 10.1. The zero-order chi connectivity index (χ0) is 29.7. The predicted molar refractivity (Wildman–Crippen MR) is 153 cm³/mol. The van der Waals surface area contributed by atoms with Crippen molar-refractivity contribution >= 4 is 21.7 Å². The number of imidazole rings is 1. The van der Waals surface area contributed by atoms with Gasteiger partial charge in [-0.05, 0) is 87.2 Å². The van der Waals surface area contributed by atoms with E-state index in [9.17, 15) is 22.0 Å². The van der Waals surface area contributed by atoms with Gasteiger partial charge in [0.1, 0.15) is 11.6 Å². The average Bonchev–Trinajstić information content (AvgIpc) is 3.45. The summed E-state index contributed by atoms with van der Waals surface area (Å²) in [5.41, 5.74) is 4.18. The fourth-order valence-electron chi connectivity index (χ4n) is 8.22. The van der Waals surface area contributed by atoms with Crippen LogP contribution in [0.15, 0.2) is 48.4 Å². The Hall–Kier alpha value is -2.85.